The van der Waals surface area contributed by atoms with Crippen LogP contribution in [0.5, 0.6) is 17.2 Å². The lowest BCUT2D eigenvalue weighted by molar-refractivity contribution is -0.697. The van der Waals surface area contributed by atoms with E-state index in [1.807, 2.05) is 25.1 Å². The molecule has 0 saturated heterocycles. The van der Waals surface area contributed by atoms with Gasteiger partial charge in [0, 0.05) is 72.7 Å². The number of rotatable bonds is 17. The summed E-state index contributed by atoms with van der Waals surface area (Å²) in [5.41, 5.74) is 0.429. The second-order valence-electron chi connectivity index (χ2n) is 12.0. The maximum absolute atomic E-state index is 14.2. The van der Waals surface area contributed by atoms with Crippen molar-refractivity contribution >= 4 is 22.5 Å². The maximum Gasteiger partial charge on any atom is 0.263 e. The van der Waals surface area contributed by atoms with Crippen molar-refractivity contribution in [3.05, 3.63) is 119 Å². The molecule has 0 radical (unpaired) electrons. The van der Waals surface area contributed by atoms with Gasteiger partial charge in [-0.15, -0.1) is 0 Å². The van der Waals surface area contributed by atoms with E-state index in [0.717, 1.165) is 63.3 Å². The van der Waals surface area contributed by atoms with Gasteiger partial charge in [0.25, 0.3) is 5.91 Å². The summed E-state index contributed by atoms with van der Waals surface area (Å²) in [4.78, 5) is 29.1. The Morgan fingerprint density at radius 2 is 1.50 bits per heavy atom. The summed E-state index contributed by atoms with van der Waals surface area (Å²) in [5.74, 6) is -0.678. The number of halogens is 2. The molecule has 2 heterocycles. The molecule has 8 nitrogen and oxygen atoms in total. The summed E-state index contributed by atoms with van der Waals surface area (Å²) < 4.78 is 49.9. The largest absolute Gasteiger partial charge is 0.497 e. The lowest BCUT2D eigenvalue weighted by atomic mass is 10.1. The molecule has 0 aliphatic heterocycles. The van der Waals surface area contributed by atoms with Gasteiger partial charge in [-0.05, 0) is 50.5 Å². The zero-order valence-electron chi connectivity index (χ0n) is 28.9. The number of nitrogens with zero attached hydrogens (tertiary/aromatic N) is 3. The minimum Gasteiger partial charge on any atom is -0.497 e. The third-order valence-electron chi connectivity index (χ3n) is 8.39. The number of unbranched alkanes of at least 4 members (excludes halogenated alkanes) is 4. The molecule has 0 aliphatic carbocycles. The van der Waals surface area contributed by atoms with E-state index in [-0.39, 0.29) is 23.2 Å². The number of fused-ring (bicyclic) bond motifs is 1. The molecule has 0 unspecified atom stereocenters. The average molecular weight is 685 g/mol. The third kappa shape index (κ3) is 9.05. The fourth-order valence-corrected chi connectivity index (χ4v) is 5.86. The molecule has 0 N–H and O–H groups in total. The zero-order chi connectivity index (χ0) is 35.5. The first kappa shape index (κ1) is 36.0. The predicted octanol–water partition coefficient (Wildman–Crippen LogP) is 8.05. The molecule has 10 heteroatoms. The van der Waals surface area contributed by atoms with Crippen molar-refractivity contribution in [1.29, 1.82) is 0 Å². The number of hydrogen-bond donors (Lipinski definition) is 0. The highest BCUT2D eigenvalue weighted by Gasteiger charge is 2.24. The standard InChI is InChI=1S/C40H44F2N3O5/c1-4-19-49-35-25-32(24-34(26-35)48-3)45-28-37(40(47)44(5-2)31-22-29(41)21-30(42)23-31)39(46)36-15-14-33(27-38(36)45)50-20-13-8-6-7-10-16-43-17-11-9-12-18-43/h9,11-12,14-15,17-18,21-28H,4-8,10,13,16,19-20H2,1-3H3/q+1. The quantitative estimate of drug-likeness (QED) is 0.0732. The monoisotopic (exact) mass is 684 g/mol. The Bertz CT molecular complexity index is 1940. The Labute approximate surface area is 291 Å². The first-order chi connectivity index (χ1) is 24.3. The van der Waals surface area contributed by atoms with Crippen LogP contribution in [-0.2, 0) is 6.54 Å². The molecule has 0 aliphatic rings. The van der Waals surface area contributed by atoms with Crippen LogP contribution in [0, 0.1) is 11.6 Å². The van der Waals surface area contributed by atoms with E-state index in [2.05, 4.69) is 17.0 Å². The number of methoxy groups -OCH3 is 1. The van der Waals surface area contributed by atoms with Gasteiger partial charge in [-0.3, -0.25) is 9.59 Å². The summed E-state index contributed by atoms with van der Waals surface area (Å²) in [5, 5.41) is 0.278. The minimum atomic E-state index is -0.826. The highest BCUT2D eigenvalue weighted by molar-refractivity contribution is 6.07. The van der Waals surface area contributed by atoms with Gasteiger partial charge in [-0.2, -0.15) is 0 Å². The minimum absolute atomic E-state index is 0.0107. The van der Waals surface area contributed by atoms with E-state index in [1.165, 1.54) is 11.1 Å². The topological polar surface area (TPSA) is 73.9 Å². The number of carbonyl (C=O) groups is 1. The van der Waals surface area contributed by atoms with Gasteiger partial charge in [-0.25, -0.2) is 13.3 Å². The molecule has 0 atom stereocenters. The molecule has 0 saturated carbocycles. The maximum atomic E-state index is 14.2. The molecule has 262 valence electrons. The van der Waals surface area contributed by atoms with Crippen LogP contribution in [0.15, 0.2) is 96.2 Å². The lowest BCUT2D eigenvalue weighted by Gasteiger charge is -2.22. The number of carbonyl (C=O) groups excluding carboxylic acids is 1. The Balaban J connectivity index is 1.43. The van der Waals surface area contributed by atoms with Crippen LogP contribution in [0.4, 0.5) is 14.5 Å². The molecule has 5 aromatic rings. The smallest absolute Gasteiger partial charge is 0.263 e. The molecule has 0 bridgehead atoms. The Morgan fingerprint density at radius 1 is 0.800 bits per heavy atom. The number of benzene rings is 3. The van der Waals surface area contributed by atoms with Gasteiger partial charge in [0.05, 0.1) is 31.5 Å². The van der Waals surface area contributed by atoms with E-state index >= 15 is 0 Å². The number of aromatic nitrogens is 2. The molecular weight excluding hydrogens is 640 g/mol. The number of anilines is 1. The second kappa shape index (κ2) is 17.4. The molecule has 1 amide bonds. The SMILES string of the molecule is CCCOc1cc(OC)cc(-n2cc(C(=O)N(CC)c3cc(F)cc(F)c3)c(=O)c3ccc(OCCCCCCC[n+]4ccccc4)cc32)c1. The number of pyridine rings is 2. The molecule has 50 heavy (non-hydrogen) atoms. The molecule has 5 rings (SSSR count). The first-order valence-electron chi connectivity index (χ1n) is 17.2. The summed E-state index contributed by atoms with van der Waals surface area (Å²) in [6, 6.07) is 19.5. The van der Waals surface area contributed by atoms with E-state index in [4.69, 9.17) is 14.2 Å². The van der Waals surface area contributed by atoms with E-state index in [9.17, 15) is 18.4 Å². The van der Waals surface area contributed by atoms with Crippen molar-refractivity contribution in [3.8, 4) is 22.9 Å². The van der Waals surface area contributed by atoms with Crippen LogP contribution in [0.25, 0.3) is 16.6 Å². The van der Waals surface area contributed by atoms with Gasteiger partial charge in [0.2, 0.25) is 5.43 Å². The predicted molar refractivity (Wildman–Crippen MR) is 191 cm³/mol. The normalized spacial score (nSPS) is 11.1. The highest BCUT2D eigenvalue weighted by Crippen LogP contribution is 2.30. The van der Waals surface area contributed by atoms with Crippen LogP contribution in [-0.4, -0.2) is 37.3 Å². The number of amides is 1. The van der Waals surface area contributed by atoms with Crippen LogP contribution < -0.4 is 29.1 Å². The third-order valence-corrected chi connectivity index (χ3v) is 8.39. The Kier molecular flexibility index (Phi) is 12.6. The number of ether oxygens (including phenoxy) is 3. The van der Waals surface area contributed by atoms with Crippen molar-refractivity contribution in [2.45, 2.75) is 58.9 Å². The van der Waals surface area contributed by atoms with Crippen molar-refractivity contribution in [2.24, 2.45) is 0 Å². The van der Waals surface area contributed by atoms with Crippen LogP contribution >= 0.6 is 0 Å². The second-order valence-corrected chi connectivity index (χ2v) is 12.0. The summed E-state index contributed by atoms with van der Waals surface area (Å²) in [7, 11) is 1.55. The molecule has 0 spiro atoms. The van der Waals surface area contributed by atoms with Crippen molar-refractivity contribution in [2.75, 3.05) is 31.8 Å². The average Bonchev–Trinajstić information content (AvgIpc) is 3.12. The summed E-state index contributed by atoms with van der Waals surface area (Å²) in [6.07, 6.45) is 11.7. The zero-order valence-corrected chi connectivity index (χ0v) is 28.9. The van der Waals surface area contributed by atoms with Gasteiger partial charge < -0.3 is 23.7 Å². The van der Waals surface area contributed by atoms with Crippen molar-refractivity contribution in [1.82, 2.24) is 4.57 Å². The lowest BCUT2D eigenvalue weighted by Crippen LogP contribution is -2.35. The van der Waals surface area contributed by atoms with Crippen molar-refractivity contribution < 1.29 is 32.4 Å². The van der Waals surface area contributed by atoms with Gasteiger partial charge >= 0.3 is 0 Å². The van der Waals surface area contributed by atoms with Crippen LogP contribution in [0.2, 0.25) is 0 Å². The van der Waals surface area contributed by atoms with Gasteiger partial charge in [0.15, 0.2) is 12.4 Å². The number of aryl methyl sites for hydroxylation is 1. The molecule has 3 aromatic carbocycles. The first-order valence-corrected chi connectivity index (χ1v) is 17.2. The summed E-state index contributed by atoms with van der Waals surface area (Å²) in [6.45, 7) is 5.76. The number of hydrogen-bond acceptors (Lipinski definition) is 5. The van der Waals surface area contributed by atoms with Gasteiger partial charge in [0.1, 0.15) is 41.0 Å². The van der Waals surface area contributed by atoms with Crippen molar-refractivity contribution in [3.63, 3.8) is 0 Å². The molecule has 2 aromatic heterocycles. The van der Waals surface area contributed by atoms with Crippen LogP contribution in [0.1, 0.15) is 62.7 Å². The fourth-order valence-electron chi connectivity index (χ4n) is 5.86. The fraction of sp³-hybridized carbons (Fsp3) is 0.325. The van der Waals surface area contributed by atoms with E-state index in [0.29, 0.717) is 41.7 Å². The molecule has 0 fully saturated rings. The Morgan fingerprint density at radius 3 is 2.22 bits per heavy atom. The highest BCUT2D eigenvalue weighted by atomic mass is 19.1. The Hall–Kier alpha value is -5.25. The summed E-state index contributed by atoms with van der Waals surface area (Å²) >= 11 is 0. The van der Waals surface area contributed by atoms with Gasteiger partial charge in [-0.1, -0.05) is 25.8 Å². The van der Waals surface area contributed by atoms with Crippen LogP contribution in [0.3, 0.4) is 0 Å². The van der Waals surface area contributed by atoms with E-state index in [1.54, 1.807) is 55.0 Å². The van der Waals surface area contributed by atoms with E-state index < -0.39 is 23.0 Å². The molecular formula is C40H44F2N3O5+.